The van der Waals surface area contributed by atoms with Gasteiger partial charge in [0.15, 0.2) is 17.1 Å². The summed E-state index contributed by atoms with van der Waals surface area (Å²) in [4.78, 5) is 13.1. The highest BCUT2D eigenvalue weighted by Gasteiger charge is 2.32. The van der Waals surface area contributed by atoms with Gasteiger partial charge in [0.25, 0.3) is 0 Å². The van der Waals surface area contributed by atoms with E-state index < -0.39 is 11.7 Å². The third kappa shape index (κ3) is 5.11. The molecule has 2 N–H and O–H groups in total. The maximum absolute atomic E-state index is 13.3. The summed E-state index contributed by atoms with van der Waals surface area (Å²) in [5.41, 5.74) is 0.730. The van der Waals surface area contributed by atoms with Crippen LogP contribution >= 0.6 is 0 Å². The molecule has 0 aliphatic heterocycles. The van der Waals surface area contributed by atoms with E-state index in [1.807, 2.05) is 18.2 Å². The van der Waals surface area contributed by atoms with E-state index in [-0.39, 0.29) is 18.1 Å². The topological polar surface area (TPSA) is 81.2 Å². The van der Waals surface area contributed by atoms with Crippen LogP contribution in [-0.2, 0) is 19.3 Å². The van der Waals surface area contributed by atoms with Crippen molar-refractivity contribution >= 4 is 22.8 Å². The van der Waals surface area contributed by atoms with E-state index in [1.165, 1.54) is 12.1 Å². The minimum atomic E-state index is -4.45. The summed E-state index contributed by atoms with van der Waals surface area (Å²) in [6, 6.07) is 14.5. The van der Waals surface area contributed by atoms with E-state index in [0.717, 1.165) is 11.6 Å². The Morgan fingerprint density at radius 2 is 1.65 bits per heavy atom. The van der Waals surface area contributed by atoms with E-state index >= 15 is 0 Å². The lowest BCUT2D eigenvalue weighted by Crippen LogP contribution is -2.13. The molecule has 0 spiro atoms. The molecular formula is C24H22F3N5O2. The molecule has 4 rings (SSSR count). The Hall–Kier alpha value is -4.08. The van der Waals surface area contributed by atoms with Gasteiger partial charge in [-0.05, 0) is 41.5 Å². The lowest BCUT2D eigenvalue weighted by Gasteiger charge is -2.15. The molecule has 0 fully saturated rings. The average molecular weight is 469 g/mol. The number of ether oxygens (including phenoxy) is 2. The molecule has 176 valence electrons. The monoisotopic (exact) mass is 469 g/mol. The van der Waals surface area contributed by atoms with Crippen molar-refractivity contribution in [3.8, 4) is 11.5 Å². The fourth-order valence-electron chi connectivity index (χ4n) is 3.48. The number of fused-ring (bicyclic) bond motifs is 1. The van der Waals surface area contributed by atoms with Gasteiger partial charge < -0.3 is 20.1 Å². The van der Waals surface area contributed by atoms with Gasteiger partial charge in [-0.3, -0.25) is 0 Å². The number of pyridine rings is 1. The zero-order chi connectivity index (χ0) is 24.1. The first-order chi connectivity index (χ1) is 16.4. The molecule has 0 amide bonds. The Bertz CT molecular complexity index is 1300. The zero-order valence-corrected chi connectivity index (χ0v) is 18.5. The van der Waals surface area contributed by atoms with Gasteiger partial charge in [0, 0.05) is 19.3 Å². The quantitative estimate of drug-likeness (QED) is 0.363. The normalized spacial score (nSPS) is 11.3. The third-order valence-electron chi connectivity index (χ3n) is 5.14. The fraction of sp³-hybridized carbons (Fsp3) is 0.208. The maximum Gasteiger partial charge on any atom is 0.416 e. The molecule has 7 nitrogen and oxygen atoms in total. The van der Waals surface area contributed by atoms with Crippen LogP contribution in [0, 0.1) is 0 Å². The molecule has 4 aromatic rings. The average Bonchev–Trinajstić information content (AvgIpc) is 2.85. The molecule has 0 bridgehead atoms. The first kappa shape index (κ1) is 23.1. The number of hydrogen-bond acceptors (Lipinski definition) is 7. The molecule has 0 saturated carbocycles. The Morgan fingerprint density at radius 1 is 0.853 bits per heavy atom. The lowest BCUT2D eigenvalue weighted by atomic mass is 10.1. The number of halogens is 3. The SMILES string of the molecule is COc1ccc(CNc2nc(NCc3ccccc3C(F)(F)F)nc3ncccc23)cc1OC. The zero-order valence-electron chi connectivity index (χ0n) is 18.5. The highest BCUT2D eigenvalue weighted by Crippen LogP contribution is 2.32. The minimum absolute atomic E-state index is 0.0941. The van der Waals surface area contributed by atoms with Gasteiger partial charge in [-0.15, -0.1) is 0 Å². The van der Waals surface area contributed by atoms with Crippen molar-refractivity contribution in [3.05, 3.63) is 77.5 Å². The van der Waals surface area contributed by atoms with Gasteiger partial charge in [0.1, 0.15) is 5.82 Å². The summed E-state index contributed by atoms with van der Waals surface area (Å²) in [5, 5.41) is 6.84. The Labute approximate surface area is 194 Å². The number of benzene rings is 2. The van der Waals surface area contributed by atoms with Crippen LogP contribution in [-0.4, -0.2) is 29.2 Å². The second kappa shape index (κ2) is 9.82. The van der Waals surface area contributed by atoms with Crippen molar-refractivity contribution in [3.63, 3.8) is 0 Å². The van der Waals surface area contributed by atoms with Crippen molar-refractivity contribution in [1.29, 1.82) is 0 Å². The van der Waals surface area contributed by atoms with Crippen LogP contribution in [0.5, 0.6) is 11.5 Å². The van der Waals surface area contributed by atoms with Crippen LogP contribution < -0.4 is 20.1 Å². The van der Waals surface area contributed by atoms with E-state index in [9.17, 15) is 13.2 Å². The summed E-state index contributed by atoms with van der Waals surface area (Å²) < 4.78 is 50.6. The largest absolute Gasteiger partial charge is 0.493 e. The number of anilines is 2. The van der Waals surface area contributed by atoms with Gasteiger partial charge in [0.2, 0.25) is 5.95 Å². The molecular weight excluding hydrogens is 447 g/mol. The molecule has 10 heteroatoms. The number of aromatic nitrogens is 3. The van der Waals surface area contributed by atoms with E-state index in [4.69, 9.17) is 9.47 Å². The second-order valence-corrected chi connectivity index (χ2v) is 7.32. The highest BCUT2D eigenvalue weighted by atomic mass is 19.4. The fourth-order valence-corrected chi connectivity index (χ4v) is 3.48. The van der Waals surface area contributed by atoms with Crippen molar-refractivity contribution < 1.29 is 22.6 Å². The number of methoxy groups -OCH3 is 2. The van der Waals surface area contributed by atoms with Crippen LogP contribution in [0.3, 0.4) is 0 Å². The Kier molecular flexibility index (Phi) is 6.67. The van der Waals surface area contributed by atoms with E-state index in [2.05, 4.69) is 25.6 Å². The summed E-state index contributed by atoms with van der Waals surface area (Å²) >= 11 is 0. The van der Waals surface area contributed by atoms with Crippen molar-refractivity contribution in [2.24, 2.45) is 0 Å². The summed E-state index contributed by atoms with van der Waals surface area (Å²) in [6.07, 6.45) is -2.85. The summed E-state index contributed by atoms with van der Waals surface area (Å²) in [7, 11) is 3.13. The number of hydrogen-bond donors (Lipinski definition) is 2. The molecule has 0 saturated heterocycles. The lowest BCUT2D eigenvalue weighted by molar-refractivity contribution is -0.138. The molecule has 0 aliphatic carbocycles. The minimum Gasteiger partial charge on any atom is -0.493 e. The van der Waals surface area contributed by atoms with Crippen molar-refractivity contribution in [2.75, 3.05) is 24.9 Å². The van der Waals surface area contributed by atoms with Gasteiger partial charge >= 0.3 is 6.18 Å². The highest BCUT2D eigenvalue weighted by molar-refractivity contribution is 5.87. The van der Waals surface area contributed by atoms with Crippen LogP contribution in [0.15, 0.2) is 60.8 Å². The standard InChI is InChI=1S/C24H22F3N5O2/c1-33-19-10-9-15(12-20(19)34-2)13-29-22-17-7-5-11-28-21(17)31-23(32-22)30-14-16-6-3-4-8-18(16)24(25,26)27/h3-12H,13-14H2,1-2H3,(H2,28,29,30,31,32). The number of rotatable bonds is 8. The van der Waals surface area contributed by atoms with E-state index in [1.54, 1.807) is 38.6 Å². The molecule has 2 aromatic heterocycles. The smallest absolute Gasteiger partial charge is 0.416 e. The molecule has 2 aromatic carbocycles. The first-order valence-corrected chi connectivity index (χ1v) is 10.4. The Balaban J connectivity index is 1.58. The summed E-state index contributed by atoms with van der Waals surface area (Å²) in [5.74, 6) is 1.88. The maximum atomic E-state index is 13.3. The van der Waals surface area contributed by atoms with Crippen molar-refractivity contribution in [1.82, 2.24) is 15.0 Å². The van der Waals surface area contributed by atoms with Gasteiger partial charge in [-0.2, -0.15) is 23.1 Å². The molecule has 0 aliphatic rings. The third-order valence-corrected chi connectivity index (χ3v) is 5.14. The predicted molar refractivity (Wildman–Crippen MR) is 123 cm³/mol. The van der Waals surface area contributed by atoms with Crippen LogP contribution in [0.1, 0.15) is 16.7 Å². The molecule has 2 heterocycles. The van der Waals surface area contributed by atoms with Crippen LogP contribution in [0.4, 0.5) is 24.9 Å². The molecule has 0 radical (unpaired) electrons. The van der Waals surface area contributed by atoms with Crippen LogP contribution in [0.2, 0.25) is 0 Å². The molecule has 0 unspecified atom stereocenters. The Morgan fingerprint density at radius 3 is 2.41 bits per heavy atom. The number of nitrogens with one attached hydrogen (secondary N) is 2. The number of nitrogens with zero attached hydrogens (tertiary/aromatic N) is 3. The number of alkyl halides is 3. The van der Waals surface area contributed by atoms with Gasteiger partial charge in [-0.25, -0.2) is 4.98 Å². The van der Waals surface area contributed by atoms with Crippen LogP contribution in [0.25, 0.3) is 11.0 Å². The predicted octanol–water partition coefficient (Wildman–Crippen LogP) is 5.29. The van der Waals surface area contributed by atoms with E-state index in [0.29, 0.717) is 34.9 Å². The second-order valence-electron chi connectivity index (χ2n) is 7.32. The molecule has 0 atom stereocenters. The first-order valence-electron chi connectivity index (χ1n) is 10.4. The van der Waals surface area contributed by atoms with Gasteiger partial charge in [-0.1, -0.05) is 24.3 Å². The van der Waals surface area contributed by atoms with Crippen molar-refractivity contribution in [2.45, 2.75) is 19.3 Å². The summed E-state index contributed by atoms with van der Waals surface area (Å²) in [6.45, 7) is 0.320. The van der Waals surface area contributed by atoms with Gasteiger partial charge in [0.05, 0.1) is 25.2 Å². The molecule has 34 heavy (non-hydrogen) atoms.